The first-order valence-electron chi connectivity index (χ1n) is 7.00. The molecule has 1 saturated heterocycles. The van der Waals surface area contributed by atoms with Gasteiger partial charge in [-0.2, -0.15) is 0 Å². The summed E-state index contributed by atoms with van der Waals surface area (Å²) < 4.78 is 11.6. The average molecular weight is 284 g/mol. The van der Waals surface area contributed by atoms with Crippen molar-refractivity contribution < 1.29 is 9.47 Å². The molecule has 1 aromatic heterocycles. The van der Waals surface area contributed by atoms with Crippen LogP contribution in [0.2, 0.25) is 0 Å². The topological polar surface area (TPSA) is 43.4 Å². The van der Waals surface area contributed by atoms with Gasteiger partial charge in [-0.25, -0.2) is 4.98 Å². The van der Waals surface area contributed by atoms with Gasteiger partial charge in [-0.1, -0.05) is 0 Å². The molecule has 0 aliphatic carbocycles. The lowest BCUT2D eigenvalue weighted by molar-refractivity contribution is -0.125. The van der Waals surface area contributed by atoms with Crippen LogP contribution in [0.15, 0.2) is 5.38 Å². The normalized spacial score (nSPS) is 20.4. The van der Waals surface area contributed by atoms with E-state index < -0.39 is 0 Å². The van der Waals surface area contributed by atoms with E-state index in [-0.39, 0.29) is 5.60 Å². The molecular weight excluding hydrogens is 260 g/mol. The molecule has 0 aromatic carbocycles. The molecule has 1 N–H and O–H groups in total. The Kier molecular flexibility index (Phi) is 5.33. The quantitative estimate of drug-likeness (QED) is 0.869. The second kappa shape index (κ2) is 6.79. The van der Waals surface area contributed by atoms with E-state index in [9.17, 15) is 0 Å². The van der Waals surface area contributed by atoms with E-state index in [1.165, 1.54) is 5.01 Å². The Morgan fingerprint density at radius 2 is 2.26 bits per heavy atom. The number of aryl methyl sites for hydroxylation is 1. The largest absolute Gasteiger partial charge is 0.381 e. The van der Waals surface area contributed by atoms with Gasteiger partial charge in [0.1, 0.15) is 0 Å². The molecule has 1 aliphatic heterocycles. The minimum Gasteiger partial charge on any atom is -0.381 e. The first-order chi connectivity index (χ1) is 9.20. The summed E-state index contributed by atoms with van der Waals surface area (Å²) in [4.78, 5) is 4.58. The third-order valence-electron chi connectivity index (χ3n) is 3.80. The molecular formula is C14H24N2O2S. The Morgan fingerprint density at radius 1 is 1.53 bits per heavy atom. The number of thiazole rings is 1. The predicted molar refractivity (Wildman–Crippen MR) is 77.8 cm³/mol. The number of ether oxygens (including phenoxy) is 2. The van der Waals surface area contributed by atoms with Crippen molar-refractivity contribution in [3.8, 4) is 0 Å². The van der Waals surface area contributed by atoms with E-state index in [4.69, 9.17) is 9.47 Å². The summed E-state index contributed by atoms with van der Waals surface area (Å²) in [7, 11) is 2.02. The van der Waals surface area contributed by atoms with Crippen molar-refractivity contribution in [1.29, 1.82) is 0 Å². The van der Waals surface area contributed by atoms with E-state index in [2.05, 4.69) is 22.6 Å². The molecule has 1 unspecified atom stereocenters. The zero-order chi connectivity index (χ0) is 13.7. The predicted octanol–water partition coefficient (Wildman–Crippen LogP) is 2.17. The number of hydrogen-bond donors (Lipinski definition) is 1. The molecule has 0 bridgehead atoms. The van der Waals surface area contributed by atoms with Crippen molar-refractivity contribution in [3.63, 3.8) is 0 Å². The van der Waals surface area contributed by atoms with Crippen molar-refractivity contribution in [2.45, 2.75) is 44.8 Å². The zero-order valence-corrected chi connectivity index (χ0v) is 12.9. The molecule has 0 spiro atoms. The summed E-state index contributed by atoms with van der Waals surface area (Å²) in [6.07, 6.45) is 2.84. The molecule has 5 heteroatoms. The maximum atomic E-state index is 6.14. The van der Waals surface area contributed by atoms with Gasteiger partial charge in [0.05, 0.1) is 10.6 Å². The Morgan fingerprint density at radius 3 is 2.79 bits per heavy atom. The lowest BCUT2D eigenvalue weighted by Gasteiger charge is -2.42. The zero-order valence-electron chi connectivity index (χ0n) is 12.1. The monoisotopic (exact) mass is 284 g/mol. The van der Waals surface area contributed by atoms with Crippen LogP contribution in [0.25, 0.3) is 0 Å². The summed E-state index contributed by atoms with van der Waals surface area (Å²) in [6.45, 7) is 6.43. The van der Waals surface area contributed by atoms with E-state index >= 15 is 0 Å². The van der Waals surface area contributed by atoms with Crippen molar-refractivity contribution in [2.75, 3.05) is 26.9 Å². The van der Waals surface area contributed by atoms with Gasteiger partial charge in [0.15, 0.2) is 0 Å². The van der Waals surface area contributed by atoms with Gasteiger partial charge < -0.3 is 14.8 Å². The number of likely N-dealkylation sites (N-methyl/N-ethyl adjacent to an activating group) is 1. The molecule has 0 saturated carbocycles. The maximum absolute atomic E-state index is 6.14. The number of nitrogens with zero attached hydrogens (tertiary/aromatic N) is 1. The first-order valence-corrected chi connectivity index (χ1v) is 7.88. The van der Waals surface area contributed by atoms with Gasteiger partial charge in [0.2, 0.25) is 0 Å². The fraction of sp³-hybridized carbons (Fsp3) is 0.786. The average Bonchev–Trinajstić information content (AvgIpc) is 2.83. The number of nitrogens with one attached hydrogen (secondary N) is 1. The lowest BCUT2D eigenvalue weighted by Crippen LogP contribution is -2.55. The Labute approximate surface area is 119 Å². The SMILES string of the molecule is CCOC1(C(Cc2nc(C)cs2)NC)CCOCC1. The molecule has 1 aromatic rings. The smallest absolute Gasteiger partial charge is 0.0944 e. The van der Waals surface area contributed by atoms with Crippen LogP contribution in [0, 0.1) is 6.92 Å². The van der Waals surface area contributed by atoms with Crippen LogP contribution in [0.4, 0.5) is 0 Å². The summed E-state index contributed by atoms with van der Waals surface area (Å²) in [5, 5.41) is 6.73. The molecule has 0 amide bonds. The molecule has 1 aliphatic rings. The number of rotatable bonds is 6. The second-order valence-corrected chi connectivity index (χ2v) is 5.98. The van der Waals surface area contributed by atoms with Gasteiger partial charge in [0, 0.05) is 56.2 Å². The molecule has 19 heavy (non-hydrogen) atoms. The van der Waals surface area contributed by atoms with Gasteiger partial charge in [0.25, 0.3) is 0 Å². The molecule has 0 radical (unpaired) electrons. The highest BCUT2D eigenvalue weighted by Crippen LogP contribution is 2.31. The van der Waals surface area contributed by atoms with Gasteiger partial charge >= 0.3 is 0 Å². The summed E-state index contributed by atoms with van der Waals surface area (Å²) in [5.74, 6) is 0. The lowest BCUT2D eigenvalue weighted by atomic mass is 9.84. The number of hydrogen-bond acceptors (Lipinski definition) is 5. The van der Waals surface area contributed by atoms with Crippen molar-refractivity contribution in [1.82, 2.24) is 10.3 Å². The highest BCUT2D eigenvalue weighted by atomic mass is 32.1. The van der Waals surface area contributed by atoms with E-state index in [1.807, 2.05) is 14.0 Å². The van der Waals surface area contributed by atoms with E-state index in [1.54, 1.807) is 11.3 Å². The molecule has 4 nitrogen and oxygen atoms in total. The van der Waals surface area contributed by atoms with Crippen LogP contribution in [0.5, 0.6) is 0 Å². The van der Waals surface area contributed by atoms with Gasteiger partial charge in [-0.05, 0) is 20.9 Å². The molecule has 108 valence electrons. The highest BCUT2D eigenvalue weighted by Gasteiger charge is 2.40. The highest BCUT2D eigenvalue weighted by molar-refractivity contribution is 7.09. The number of aromatic nitrogens is 1. The standard InChI is InChI=1S/C14H24N2O2S/c1-4-18-14(5-7-17-8-6-14)12(15-3)9-13-16-11(2)10-19-13/h10,12,15H,4-9H2,1-3H3. The van der Waals surface area contributed by atoms with Crippen LogP contribution in [-0.4, -0.2) is 43.5 Å². The molecule has 2 heterocycles. The minimum atomic E-state index is -0.110. The summed E-state index contributed by atoms with van der Waals surface area (Å²) in [6, 6.07) is 0.293. The third-order valence-corrected chi connectivity index (χ3v) is 4.79. The fourth-order valence-corrected chi connectivity index (χ4v) is 3.64. The van der Waals surface area contributed by atoms with Crippen LogP contribution in [-0.2, 0) is 15.9 Å². The fourth-order valence-electron chi connectivity index (χ4n) is 2.82. The third kappa shape index (κ3) is 3.54. The van der Waals surface area contributed by atoms with Gasteiger partial charge in [-0.3, -0.25) is 0 Å². The van der Waals surface area contributed by atoms with Crippen LogP contribution in [0.3, 0.4) is 0 Å². The van der Waals surface area contributed by atoms with E-state index in [0.29, 0.717) is 6.04 Å². The maximum Gasteiger partial charge on any atom is 0.0944 e. The Hall–Kier alpha value is -0.490. The molecule has 1 atom stereocenters. The second-order valence-electron chi connectivity index (χ2n) is 5.04. The minimum absolute atomic E-state index is 0.110. The first kappa shape index (κ1) is 14.9. The Bertz CT molecular complexity index is 383. The van der Waals surface area contributed by atoms with Crippen molar-refractivity contribution >= 4 is 11.3 Å². The summed E-state index contributed by atoms with van der Waals surface area (Å²) in [5.41, 5.74) is 0.994. The van der Waals surface area contributed by atoms with Crippen molar-refractivity contribution in [2.24, 2.45) is 0 Å². The van der Waals surface area contributed by atoms with Crippen LogP contribution in [0.1, 0.15) is 30.5 Å². The molecule has 2 rings (SSSR count). The van der Waals surface area contributed by atoms with Gasteiger partial charge in [-0.15, -0.1) is 11.3 Å². The van der Waals surface area contributed by atoms with Crippen LogP contribution < -0.4 is 5.32 Å². The van der Waals surface area contributed by atoms with Crippen molar-refractivity contribution in [3.05, 3.63) is 16.1 Å². The summed E-state index contributed by atoms with van der Waals surface area (Å²) >= 11 is 1.74. The Balaban J connectivity index is 2.12. The van der Waals surface area contributed by atoms with Crippen LogP contribution >= 0.6 is 11.3 Å². The molecule has 1 fully saturated rings. The van der Waals surface area contributed by atoms with E-state index in [0.717, 1.165) is 44.8 Å².